The van der Waals surface area contributed by atoms with Gasteiger partial charge in [-0.25, -0.2) is 13.2 Å². The molecule has 2 aromatic rings. The molecule has 2 N–H and O–H groups in total. The highest BCUT2D eigenvalue weighted by atomic mass is 32.2. The van der Waals surface area contributed by atoms with Crippen LogP contribution in [0.2, 0.25) is 0 Å². The molecule has 0 saturated heterocycles. The lowest BCUT2D eigenvalue weighted by molar-refractivity contribution is -0.134. The first kappa shape index (κ1) is 31.8. The number of fused-ring (bicyclic) bond motifs is 1. The molecule has 0 aromatic heterocycles. The van der Waals surface area contributed by atoms with E-state index in [9.17, 15) is 17.6 Å². The summed E-state index contributed by atoms with van der Waals surface area (Å²) in [6.45, 7) is 7.74. The van der Waals surface area contributed by atoms with Crippen LogP contribution >= 0.6 is 11.8 Å². The van der Waals surface area contributed by atoms with E-state index in [1.165, 1.54) is 17.8 Å². The zero-order valence-corrected chi connectivity index (χ0v) is 25.5. The molecular weight excluding hydrogens is 551 g/mol. The minimum Gasteiger partial charge on any atom is -0.476 e. The summed E-state index contributed by atoms with van der Waals surface area (Å²) >= 11 is 1.32. The van der Waals surface area contributed by atoms with Crippen molar-refractivity contribution in [2.75, 3.05) is 35.3 Å². The molecule has 7 nitrogen and oxygen atoms in total. The van der Waals surface area contributed by atoms with Crippen LogP contribution in [-0.4, -0.2) is 44.6 Å². The second-order valence-electron chi connectivity index (χ2n) is 10.4. The van der Waals surface area contributed by atoms with Gasteiger partial charge in [-0.05, 0) is 55.9 Å². The lowest BCUT2D eigenvalue weighted by Gasteiger charge is -2.37. The van der Waals surface area contributed by atoms with Crippen LogP contribution in [0.1, 0.15) is 65.7 Å². The molecule has 0 spiro atoms. The van der Waals surface area contributed by atoms with E-state index in [0.717, 1.165) is 62.9 Å². The SMILES string of the molecule is CCCCC1(CCCC)CN(c2ccc(NCCC)cc2)c2cc(SC)c(OC=C(F)C(=O)O)cc2S(=O)(=O)C1. The van der Waals surface area contributed by atoms with E-state index in [1.807, 2.05) is 30.5 Å². The first-order valence-electron chi connectivity index (χ1n) is 13.9. The fraction of sp³-hybridized carbons (Fsp3) is 0.500. The van der Waals surface area contributed by atoms with Gasteiger partial charge < -0.3 is 20.1 Å². The maximum atomic E-state index is 14.1. The van der Waals surface area contributed by atoms with Crippen LogP contribution in [0.25, 0.3) is 0 Å². The first-order valence-corrected chi connectivity index (χ1v) is 16.8. The van der Waals surface area contributed by atoms with Crippen molar-refractivity contribution in [1.29, 1.82) is 0 Å². The molecule has 0 fully saturated rings. The quantitative estimate of drug-likeness (QED) is 0.130. The summed E-state index contributed by atoms with van der Waals surface area (Å²) in [5.74, 6) is -3.13. The predicted molar refractivity (Wildman–Crippen MR) is 161 cm³/mol. The van der Waals surface area contributed by atoms with Crippen LogP contribution in [0, 0.1) is 5.41 Å². The van der Waals surface area contributed by atoms with Crippen molar-refractivity contribution < 1.29 is 27.4 Å². The molecule has 220 valence electrons. The van der Waals surface area contributed by atoms with Gasteiger partial charge in [-0.2, -0.15) is 4.39 Å². The highest BCUT2D eigenvalue weighted by molar-refractivity contribution is 7.98. The van der Waals surface area contributed by atoms with Crippen molar-refractivity contribution >= 4 is 44.6 Å². The zero-order chi connectivity index (χ0) is 29.3. The van der Waals surface area contributed by atoms with Crippen molar-refractivity contribution in [3.8, 4) is 5.75 Å². The zero-order valence-electron chi connectivity index (χ0n) is 23.8. The number of carboxylic acids is 1. The third kappa shape index (κ3) is 7.72. The Bertz CT molecular complexity index is 1290. The molecule has 1 aliphatic rings. The molecule has 1 aliphatic heterocycles. The number of anilines is 3. The normalized spacial score (nSPS) is 16.2. The Kier molecular flexibility index (Phi) is 11.3. The average Bonchev–Trinajstić information content (AvgIpc) is 3.04. The molecule has 1 heterocycles. The number of rotatable bonds is 14. The monoisotopic (exact) mass is 592 g/mol. The lowest BCUT2D eigenvalue weighted by atomic mass is 9.79. The first-order chi connectivity index (χ1) is 19.1. The van der Waals surface area contributed by atoms with Crippen LogP contribution in [-0.2, 0) is 14.6 Å². The number of unbranched alkanes of at least 4 members (excludes halogenated alkanes) is 2. The standard InChI is InChI=1S/C30H41FN2O5S2/c1-5-8-14-30(15-9-6-2)20-33(23-12-10-22(11-13-23)32-16-7-3)25-17-27(39-4)26(38-19-24(31)29(34)35)18-28(25)40(36,37)21-30/h10-13,17-19,32H,5-9,14-16,20-21H2,1-4H3,(H,34,35). The van der Waals surface area contributed by atoms with E-state index in [-0.39, 0.29) is 16.4 Å². The Morgan fingerprint density at radius 1 is 1.12 bits per heavy atom. The van der Waals surface area contributed by atoms with Gasteiger partial charge >= 0.3 is 5.97 Å². The molecule has 2 aromatic carbocycles. The fourth-order valence-electron chi connectivity index (χ4n) is 5.14. The van der Waals surface area contributed by atoms with E-state index >= 15 is 0 Å². The average molecular weight is 593 g/mol. The Hall–Kier alpha value is -2.72. The molecule has 10 heteroatoms. The Labute approximate surface area is 242 Å². The number of ether oxygens (including phenoxy) is 1. The molecule has 0 radical (unpaired) electrons. The molecular formula is C30H41FN2O5S2. The van der Waals surface area contributed by atoms with E-state index < -0.39 is 27.0 Å². The van der Waals surface area contributed by atoms with Gasteiger partial charge in [-0.3, -0.25) is 0 Å². The highest BCUT2D eigenvalue weighted by Gasteiger charge is 2.42. The van der Waals surface area contributed by atoms with E-state index in [2.05, 4.69) is 31.0 Å². The summed E-state index contributed by atoms with van der Waals surface area (Å²) in [6.07, 6.45) is 8.67. The van der Waals surface area contributed by atoms with Crippen LogP contribution < -0.4 is 15.0 Å². The van der Waals surface area contributed by atoms with Gasteiger partial charge in [0, 0.05) is 35.9 Å². The van der Waals surface area contributed by atoms with Crippen molar-refractivity contribution in [2.45, 2.75) is 75.5 Å². The molecule has 0 amide bonds. The predicted octanol–water partition coefficient (Wildman–Crippen LogP) is 7.80. The molecule has 0 aliphatic carbocycles. The number of aliphatic carboxylic acids is 1. The summed E-state index contributed by atoms with van der Waals surface area (Å²) in [5.41, 5.74) is 1.97. The summed E-state index contributed by atoms with van der Waals surface area (Å²) < 4.78 is 47.3. The third-order valence-corrected chi connectivity index (χ3v) is 9.98. The number of halogens is 1. The lowest BCUT2D eigenvalue weighted by Crippen LogP contribution is -2.38. The second-order valence-corrected chi connectivity index (χ2v) is 13.2. The van der Waals surface area contributed by atoms with E-state index in [1.54, 1.807) is 6.07 Å². The summed E-state index contributed by atoms with van der Waals surface area (Å²) in [5, 5.41) is 12.3. The van der Waals surface area contributed by atoms with Gasteiger partial charge in [0.05, 0.1) is 21.2 Å². The summed E-state index contributed by atoms with van der Waals surface area (Å²) in [7, 11) is -3.78. The number of hydrogen-bond acceptors (Lipinski definition) is 7. The number of sulfone groups is 1. The number of hydrogen-bond donors (Lipinski definition) is 2. The van der Waals surface area contributed by atoms with Gasteiger partial charge in [-0.15, -0.1) is 11.8 Å². The van der Waals surface area contributed by atoms with Crippen LogP contribution in [0.15, 0.2) is 58.3 Å². The van der Waals surface area contributed by atoms with Gasteiger partial charge in [0.1, 0.15) is 12.0 Å². The second kappa shape index (κ2) is 14.3. The number of benzene rings is 2. The third-order valence-electron chi connectivity index (χ3n) is 7.23. The molecule has 0 bridgehead atoms. The Balaban J connectivity index is 2.22. The largest absolute Gasteiger partial charge is 0.476 e. The molecule has 3 rings (SSSR count). The van der Waals surface area contributed by atoms with Crippen molar-refractivity contribution in [1.82, 2.24) is 0 Å². The van der Waals surface area contributed by atoms with E-state index in [0.29, 0.717) is 23.4 Å². The van der Waals surface area contributed by atoms with Crippen LogP contribution in [0.4, 0.5) is 21.5 Å². The molecule has 40 heavy (non-hydrogen) atoms. The number of carbonyl (C=O) groups is 1. The molecule has 0 unspecified atom stereocenters. The van der Waals surface area contributed by atoms with Gasteiger partial charge in [0.2, 0.25) is 5.83 Å². The van der Waals surface area contributed by atoms with Crippen molar-refractivity contribution in [3.63, 3.8) is 0 Å². The van der Waals surface area contributed by atoms with Crippen LogP contribution in [0.5, 0.6) is 5.75 Å². The highest BCUT2D eigenvalue weighted by Crippen LogP contribution is 2.48. The maximum absolute atomic E-state index is 14.1. The summed E-state index contributed by atoms with van der Waals surface area (Å²) in [6, 6.07) is 11.2. The fourth-order valence-corrected chi connectivity index (χ4v) is 7.80. The molecule has 0 atom stereocenters. The smallest absolute Gasteiger partial charge is 0.368 e. The number of nitrogens with zero attached hydrogens (tertiary/aromatic N) is 1. The minimum atomic E-state index is -3.78. The number of thioether (sulfide) groups is 1. The topological polar surface area (TPSA) is 95.9 Å². The Morgan fingerprint density at radius 2 is 1.77 bits per heavy atom. The van der Waals surface area contributed by atoms with Crippen LogP contribution in [0.3, 0.4) is 0 Å². The summed E-state index contributed by atoms with van der Waals surface area (Å²) in [4.78, 5) is 13.7. The maximum Gasteiger partial charge on any atom is 0.368 e. The Morgan fingerprint density at radius 3 is 2.33 bits per heavy atom. The number of nitrogens with one attached hydrogen (secondary N) is 1. The molecule has 0 saturated carbocycles. The minimum absolute atomic E-state index is 0.00296. The van der Waals surface area contributed by atoms with Gasteiger partial charge in [0.25, 0.3) is 0 Å². The van der Waals surface area contributed by atoms with E-state index in [4.69, 9.17) is 9.84 Å². The van der Waals surface area contributed by atoms with Crippen molar-refractivity contribution in [3.05, 3.63) is 48.5 Å². The van der Waals surface area contributed by atoms with Gasteiger partial charge in [0.15, 0.2) is 9.84 Å². The van der Waals surface area contributed by atoms with Gasteiger partial charge in [-0.1, -0.05) is 46.5 Å². The van der Waals surface area contributed by atoms with Crippen molar-refractivity contribution in [2.24, 2.45) is 5.41 Å². The number of carboxylic acid groups (broad SMARTS) is 1.